The van der Waals surface area contributed by atoms with E-state index < -0.39 is 8.32 Å². The summed E-state index contributed by atoms with van der Waals surface area (Å²) in [5, 5.41) is 3.05. The molecule has 148 valence electrons. The lowest BCUT2D eigenvalue weighted by Gasteiger charge is -2.44. The summed E-state index contributed by atoms with van der Waals surface area (Å²) in [5.41, 5.74) is 0. The molecule has 27 heavy (non-hydrogen) atoms. The summed E-state index contributed by atoms with van der Waals surface area (Å²) in [6.07, 6.45) is -0.336. The average molecular weight is 451 g/mol. The highest BCUT2D eigenvalue weighted by molar-refractivity contribution is 9.09. The summed E-state index contributed by atoms with van der Waals surface area (Å²) >= 11 is 3.58. The van der Waals surface area contributed by atoms with Crippen molar-refractivity contribution in [3.8, 4) is 0 Å². The highest BCUT2D eigenvalue weighted by Crippen LogP contribution is 2.37. The van der Waals surface area contributed by atoms with Crippen molar-refractivity contribution < 1.29 is 13.9 Å². The summed E-state index contributed by atoms with van der Waals surface area (Å²) in [7, 11) is -2.60. The molecule has 1 unspecified atom stereocenters. The molecule has 2 rings (SSSR count). The van der Waals surface area contributed by atoms with Crippen molar-refractivity contribution in [2.24, 2.45) is 0 Å². The minimum atomic E-state index is -2.60. The molecule has 3 nitrogen and oxygen atoms in total. The van der Waals surface area contributed by atoms with Crippen LogP contribution in [-0.2, 0) is 13.9 Å². The van der Waals surface area contributed by atoms with Crippen LogP contribution in [0.25, 0.3) is 0 Å². The molecule has 0 N–H and O–H groups in total. The van der Waals surface area contributed by atoms with E-state index in [1.165, 1.54) is 10.4 Å². The smallest absolute Gasteiger partial charge is 0.264 e. The van der Waals surface area contributed by atoms with Gasteiger partial charge in [-0.15, -0.1) is 0 Å². The molecule has 2 aromatic carbocycles. The molecule has 0 fully saturated rings. The Labute approximate surface area is 173 Å². The van der Waals surface area contributed by atoms with Gasteiger partial charge in [-0.05, 0) is 22.3 Å². The largest absolute Gasteiger partial charge is 0.382 e. The quantitative estimate of drug-likeness (QED) is 0.233. The minimum absolute atomic E-state index is 0.0700. The highest BCUT2D eigenvalue weighted by atomic mass is 79.9. The molecule has 5 heteroatoms. The van der Waals surface area contributed by atoms with Crippen molar-refractivity contribution >= 4 is 34.6 Å². The maximum absolute atomic E-state index is 6.92. The van der Waals surface area contributed by atoms with Crippen molar-refractivity contribution in [1.82, 2.24) is 0 Å². The summed E-state index contributed by atoms with van der Waals surface area (Å²) < 4.78 is 18.4. The van der Waals surface area contributed by atoms with Crippen LogP contribution in [0.2, 0.25) is 5.04 Å². The van der Waals surface area contributed by atoms with Gasteiger partial charge in [-0.2, -0.15) is 0 Å². The molecule has 1 atom stereocenters. The van der Waals surface area contributed by atoms with Crippen LogP contribution in [0, 0.1) is 0 Å². The van der Waals surface area contributed by atoms with Gasteiger partial charge in [-0.1, -0.05) is 97.4 Å². The predicted octanol–water partition coefficient (Wildman–Crippen LogP) is 4.34. The van der Waals surface area contributed by atoms with E-state index in [9.17, 15) is 0 Å². The number of rotatable bonds is 10. The Morgan fingerprint density at radius 2 is 1.41 bits per heavy atom. The summed E-state index contributed by atoms with van der Waals surface area (Å²) in [4.78, 5) is 0. The standard InChI is InChI=1S/C22H31BrO3Si/c1-5-24-16-17-25-21(18-23)26-27(22(2,3)4,19-12-8-6-9-13-19)20-14-10-7-11-15-20/h6-15,21H,5,16-18H2,1-4H3. The fourth-order valence-electron chi connectivity index (χ4n) is 3.38. The lowest BCUT2D eigenvalue weighted by atomic mass is 10.2. The number of ether oxygens (including phenoxy) is 2. The molecule has 0 aliphatic carbocycles. The molecular formula is C22H31BrO3Si. The van der Waals surface area contributed by atoms with E-state index in [1.807, 2.05) is 6.92 Å². The van der Waals surface area contributed by atoms with Crippen molar-refractivity contribution in [3.05, 3.63) is 60.7 Å². The van der Waals surface area contributed by atoms with Gasteiger partial charge < -0.3 is 13.9 Å². The van der Waals surface area contributed by atoms with Gasteiger partial charge in [-0.3, -0.25) is 0 Å². The van der Waals surface area contributed by atoms with Gasteiger partial charge in [0.05, 0.1) is 18.5 Å². The third-order valence-electron chi connectivity index (χ3n) is 4.59. The lowest BCUT2D eigenvalue weighted by Crippen LogP contribution is -2.68. The Balaban J connectivity index is 2.45. The first-order valence-electron chi connectivity index (χ1n) is 9.50. The van der Waals surface area contributed by atoms with E-state index in [0.717, 1.165) is 0 Å². The molecule has 0 aliphatic heterocycles. The molecule has 0 bridgehead atoms. The minimum Gasteiger partial charge on any atom is -0.382 e. The Kier molecular flexibility index (Phi) is 8.70. The van der Waals surface area contributed by atoms with E-state index in [0.29, 0.717) is 25.2 Å². The second-order valence-corrected chi connectivity index (χ2v) is 12.3. The molecule has 0 heterocycles. The molecule has 0 saturated carbocycles. The highest BCUT2D eigenvalue weighted by Gasteiger charge is 2.51. The van der Waals surface area contributed by atoms with Gasteiger partial charge in [-0.25, -0.2) is 0 Å². The molecule has 0 aromatic heterocycles. The van der Waals surface area contributed by atoms with Crippen molar-refractivity contribution in [2.75, 3.05) is 25.2 Å². The monoisotopic (exact) mass is 450 g/mol. The van der Waals surface area contributed by atoms with Crippen LogP contribution >= 0.6 is 15.9 Å². The predicted molar refractivity (Wildman–Crippen MR) is 119 cm³/mol. The first-order valence-corrected chi connectivity index (χ1v) is 12.5. The number of alkyl halides is 1. The van der Waals surface area contributed by atoms with Crippen LogP contribution in [-0.4, -0.2) is 39.8 Å². The van der Waals surface area contributed by atoms with Crippen molar-refractivity contribution in [1.29, 1.82) is 0 Å². The fraction of sp³-hybridized carbons (Fsp3) is 0.455. The normalized spacial score (nSPS) is 13.5. The fourth-order valence-corrected chi connectivity index (χ4v) is 8.50. The van der Waals surface area contributed by atoms with E-state index in [-0.39, 0.29) is 11.3 Å². The van der Waals surface area contributed by atoms with E-state index in [4.69, 9.17) is 13.9 Å². The summed E-state index contributed by atoms with van der Waals surface area (Å²) in [6.45, 7) is 10.6. The zero-order chi connectivity index (χ0) is 19.8. The molecule has 2 aromatic rings. The molecular weight excluding hydrogens is 420 g/mol. The van der Waals surface area contributed by atoms with Gasteiger partial charge in [0.25, 0.3) is 8.32 Å². The van der Waals surface area contributed by atoms with Crippen LogP contribution < -0.4 is 10.4 Å². The maximum Gasteiger partial charge on any atom is 0.264 e. The Hall–Kier alpha value is -0.983. The SMILES string of the molecule is CCOCCOC(CBr)O[Si](c1ccccc1)(c1ccccc1)C(C)(C)C. The first-order chi connectivity index (χ1) is 13.0. The van der Waals surface area contributed by atoms with Crippen LogP contribution in [0.4, 0.5) is 0 Å². The van der Waals surface area contributed by atoms with Crippen LogP contribution in [0.3, 0.4) is 0 Å². The van der Waals surface area contributed by atoms with Gasteiger partial charge in [0, 0.05) is 6.61 Å². The van der Waals surface area contributed by atoms with Gasteiger partial charge in [0.2, 0.25) is 0 Å². The number of benzene rings is 2. The second-order valence-electron chi connectivity index (χ2n) is 7.43. The third-order valence-corrected chi connectivity index (χ3v) is 10.1. The Bertz CT molecular complexity index is 619. The van der Waals surface area contributed by atoms with Crippen molar-refractivity contribution in [3.63, 3.8) is 0 Å². The number of halogens is 1. The third kappa shape index (κ3) is 5.52. The summed E-state index contributed by atoms with van der Waals surface area (Å²) in [6, 6.07) is 21.2. The van der Waals surface area contributed by atoms with Gasteiger partial charge in [0.1, 0.15) is 0 Å². The first kappa shape index (κ1) is 22.3. The zero-order valence-corrected chi connectivity index (χ0v) is 19.4. The number of hydrogen-bond donors (Lipinski definition) is 0. The molecule has 0 radical (unpaired) electrons. The topological polar surface area (TPSA) is 27.7 Å². The number of hydrogen-bond acceptors (Lipinski definition) is 3. The van der Waals surface area contributed by atoms with Crippen LogP contribution in [0.5, 0.6) is 0 Å². The van der Waals surface area contributed by atoms with E-state index >= 15 is 0 Å². The average Bonchev–Trinajstić information content (AvgIpc) is 2.68. The van der Waals surface area contributed by atoms with E-state index in [2.05, 4.69) is 97.4 Å². The maximum atomic E-state index is 6.92. The Morgan fingerprint density at radius 1 is 0.889 bits per heavy atom. The molecule has 0 aliphatic rings. The second kappa shape index (κ2) is 10.5. The molecule has 0 spiro atoms. The van der Waals surface area contributed by atoms with E-state index in [1.54, 1.807) is 0 Å². The lowest BCUT2D eigenvalue weighted by molar-refractivity contribution is -0.0842. The molecule has 0 amide bonds. The van der Waals surface area contributed by atoms with Crippen LogP contribution in [0.1, 0.15) is 27.7 Å². The molecule has 0 saturated heterocycles. The van der Waals surface area contributed by atoms with Gasteiger partial charge >= 0.3 is 0 Å². The van der Waals surface area contributed by atoms with Gasteiger partial charge in [0.15, 0.2) is 6.29 Å². The van der Waals surface area contributed by atoms with Crippen LogP contribution in [0.15, 0.2) is 60.7 Å². The Morgan fingerprint density at radius 3 is 1.81 bits per heavy atom. The zero-order valence-electron chi connectivity index (χ0n) is 16.8. The summed E-state index contributed by atoms with van der Waals surface area (Å²) in [5.74, 6) is 0. The van der Waals surface area contributed by atoms with Crippen molar-refractivity contribution in [2.45, 2.75) is 39.0 Å².